The maximum atomic E-state index is 5.51. The van der Waals surface area contributed by atoms with Crippen LogP contribution in [0.5, 0.6) is 0 Å². The molecule has 0 amide bonds. The molecule has 19 heavy (non-hydrogen) atoms. The van der Waals surface area contributed by atoms with Gasteiger partial charge < -0.3 is 10.7 Å². The van der Waals surface area contributed by atoms with Crippen LogP contribution >= 0.6 is 11.3 Å². The average molecular weight is 275 g/mol. The zero-order valence-electron chi connectivity index (χ0n) is 10.2. The second-order valence-electron chi connectivity index (χ2n) is 4.14. The predicted octanol–water partition coefficient (Wildman–Crippen LogP) is 0.873. The van der Waals surface area contributed by atoms with Gasteiger partial charge in [-0.3, -0.25) is 0 Å². The maximum absolute atomic E-state index is 5.51. The fraction of sp³-hybridized carbons (Fsp3) is 0.273. The minimum absolute atomic E-state index is 0.403. The lowest BCUT2D eigenvalue weighted by Crippen LogP contribution is -2.05. The monoisotopic (exact) mass is 275 g/mol. The molecule has 0 saturated heterocycles. The van der Waals surface area contributed by atoms with Crippen LogP contribution in [0.15, 0.2) is 23.0 Å². The molecule has 0 atom stereocenters. The summed E-state index contributed by atoms with van der Waals surface area (Å²) in [6.45, 7) is 0.729. The molecule has 0 saturated carbocycles. The number of hydrogen-bond donors (Lipinski definition) is 2. The highest BCUT2D eigenvalue weighted by Gasteiger charge is 2.06. The largest absolute Gasteiger partial charge is 0.369 e. The molecule has 0 aliphatic carbocycles. The third kappa shape index (κ3) is 2.97. The summed E-state index contributed by atoms with van der Waals surface area (Å²) in [7, 11) is 0. The van der Waals surface area contributed by atoms with Gasteiger partial charge in [-0.1, -0.05) is 0 Å². The van der Waals surface area contributed by atoms with Crippen LogP contribution in [0.4, 0.5) is 5.95 Å². The van der Waals surface area contributed by atoms with Crippen molar-refractivity contribution in [3.8, 4) is 0 Å². The van der Waals surface area contributed by atoms with Crippen LogP contribution in [0.2, 0.25) is 0 Å². The summed E-state index contributed by atoms with van der Waals surface area (Å²) < 4.78 is 0. The molecule has 3 heterocycles. The molecule has 0 unspecified atom stereocenters. The van der Waals surface area contributed by atoms with Crippen LogP contribution in [-0.4, -0.2) is 30.2 Å². The van der Waals surface area contributed by atoms with Crippen molar-refractivity contribution in [1.29, 1.82) is 0 Å². The number of tetrazole rings is 1. The Labute approximate surface area is 113 Å². The number of nitrogen functional groups attached to an aromatic ring is 1. The molecule has 98 valence electrons. The van der Waals surface area contributed by atoms with E-state index in [1.807, 2.05) is 0 Å². The Morgan fingerprint density at radius 3 is 3.11 bits per heavy atom. The molecule has 0 spiro atoms. The topological polar surface area (TPSA) is 98.3 Å². The summed E-state index contributed by atoms with van der Waals surface area (Å²) in [4.78, 5) is 8.55. The number of H-pyrrole nitrogens is 1. The Kier molecular flexibility index (Phi) is 3.23. The van der Waals surface area contributed by atoms with E-state index >= 15 is 0 Å². The smallest absolute Gasteiger partial charge is 0.197 e. The molecule has 0 fully saturated rings. The number of aromatic amines is 1. The third-order valence-corrected chi connectivity index (χ3v) is 3.40. The number of imidazole rings is 1. The molecular formula is C11H13N7S. The standard InChI is InChI=1S/C11H13N7S/c12-11-13-6-9(14-11)5-10-15-17-18(16-10)3-1-8-2-4-19-7-8/h2,4,6-7H,1,3,5H2,(H3,12,13,14). The molecule has 3 rings (SSSR count). The molecule has 0 aromatic carbocycles. The number of nitrogens with one attached hydrogen (secondary N) is 1. The van der Waals surface area contributed by atoms with E-state index in [0.717, 1.165) is 18.7 Å². The molecule has 0 bridgehead atoms. The van der Waals surface area contributed by atoms with Gasteiger partial charge in [0.05, 0.1) is 18.7 Å². The summed E-state index contributed by atoms with van der Waals surface area (Å²) in [6, 6.07) is 2.11. The third-order valence-electron chi connectivity index (χ3n) is 2.66. The summed E-state index contributed by atoms with van der Waals surface area (Å²) in [5.41, 5.74) is 7.62. The Bertz CT molecular complexity index is 640. The van der Waals surface area contributed by atoms with Crippen molar-refractivity contribution in [1.82, 2.24) is 30.2 Å². The first-order chi connectivity index (χ1) is 9.29. The zero-order valence-corrected chi connectivity index (χ0v) is 11.0. The van der Waals surface area contributed by atoms with Crippen molar-refractivity contribution in [2.75, 3.05) is 5.73 Å². The van der Waals surface area contributed by atoms with Gasteiger partial charge in [0.2, 0.25) is 0 Å². The number of rotatable bonds is 5. The van der Waals surface area contributed by atoms with Gasteiger partial charge in [-0.15, -0.1) is 10.2 Å². The number of nitrogens with zero attached hydrogens (tertiary/aromatic N) is 5. The SMILES string of the molecule is Nc1nc(Cc2nnn(CCc3ccsc3)n2)c[nH]1. The van der Waals surface area contributed by atoms with Gasteiger partial charge in [0.15, 0.2) is 11.8 Å². The highest BCUT2D eigenvalue weighted by Crippen LogP contribution is 2.07. The molecule has 0 radical (unpaired) electrons. The lowest BCUT2D eigenvalue weighted by molar-refractivity contribution is 0.521. The summed E-state index contributed by atoms with van der Waals surface area (Å²) in [5.74, 6) is 1.05. The lowest BCUT2D eigenvalue weighted by atomic mass is 10.2. The zero-order chi connectivity index (χ0) is 13.1. The van der Waals surface area contributed by atoms with Crippen molar-refractivity contribution in [3.05, 3.63) is 40.1 Å². The second kappa shape index (κ2) is 5.19. The number of aryl methyl sites for hydroxylation is 2. The first-order valence-electron chi connectivity index (χ1n) is 5.87. The van der Waals surface area contributed by atoms with Crippen LogP contribution in [0.3, 0.4) is 0 Å². The average Bonchev–Trinajstić information content (AvgIpc) is 3.10. The number of anilines is 1. The van der Waals surface area contributed by atoms with Gasteiger partial charge in [0.25, 0.3) is 0 Å². The van der Waals surface area contributed by atoms with Crippen molar-refractivity contribution < 1.29 is 0 Å². The van der Waals surface area contributed by atoms with Crippen LogP contribution in [0.25, 0.3) is 0 Å². The van der Waals surface area contributed by atoms with E-state index in [2.05, 4.69) is 42.2 Å². The predicted molar refractivity (Wildman–Crippen MR) is 71.6 cm³/mol. The van der Waals surface area contributed by atoms with Crippen molar-refractivity contribution >= 4 is 17.3 Å². The van der Waals surface area contributed by atoms with Gasteiger partial charge in [0.1, 0.15) is 0 Å². The van der Waals surface area contributed by atoms with Gasteiger partial charge in [-0.2, -0.15) is 16.1 Å². The normalized spacial score (nSPS) is 10.9. The van der Waals surface area contributed by atoms with Gasteiger partial charge in [-0.25, -0.2) is 4.98 Å². The Morgan fingerprint density at radius 1 is 1.42 bits per heavy atom. The van der Waals surface area contributed by atoms with E-state index in [4.69, 9.17) is 5.73 Å². The molecule has 0 aliphatic rings. The molecular weight excluding hydrogens is 262 g/mol. The van der Waals surface area contributed by atoms with E-state index in [1.165, 1.54) is 5.56 Å². The van der Waals surface area contributed by atoms with Crippen LogP contribution < -0.4 is 5.73 Å². The first kappa shape index (κ1) is 11.8. The summed E-state index contributed by atoms with van der Waals surface area (Å²) >= 11 is 1.69. The highest BCUT2D eigenvalue weighted by atomic mass is 32.1. The van der Waals surface area contributed by atoms with Crippen molar-refractivity contribution in [2.45, 2.75) is 19.4 Å². The number of aromatic nitrogens is 6. The lowest BCUT2D eigenvalue weighted by Gasteiger charge is -1.95. The van der Waals surface area contributed by atoms with E-state index < -0.39 is 0 Å². The number of nitrogens with two attached hydrogens (primary N) is 1. The van der Waals surface area contributed by atoms with E-state index in [0.29, 0.717) is 18.2 Å². The van der Waals surface area contributed by atoms with Gasteiger partial charge in [-0.05, 0) is 34.0 Å². The minimum Gasteiger partial charge on any atom is -0.369 e. The second-order valence-corrected chi connectivity index (χ2v) is 4.92. The highest BCUT2D eigenvalue weighted by molar-refractivity contribution is 7.07. The maximum Gasteiger partial charge on any atom is 0.197 e. The molecule has 0 aliphatic heterocycles. The molecule has 7 nitrogen and oxygen atoms in total. The fourth-order valence-electron chi connectivity index (χ4n) is 1.73. The fourth-order valence-corrected chi connectivity index (χ4v) is 2.44. The van der Waals surface area contributed by atoms with E-state index in [1.54, 1.807) is 22.3 Å². The van der Waals surface area contributed by atoms with E-state index in [-0.39, 0.29) is 0 Å². The minimum atomic E-state index is 0.403. The first-order valence-corrected chi connectivity index (χ1v) is 6.81. The van der Waals surface area contributed by atoms with Crippen molar-refractivity contribution in [2.24, 2.45) is 0 Å². The van der Waals surface area contributed by atoms with Gasteiger partial charge in [0, 0.05) is 6.20 Å². The molecule has 8 heteroatoms. The summed E-state index contributed by atoms with van der Waals surface area (Å²) in [6.07, 6.45) is 3.20. The number of thiophene rings is 1. The van der Waals surface area contributed by atoms with Crippen LogP contribution in [0, 0.1) is 0 Å². The Hall–Kier alpha value is -2.22. The Balaban J connectivity index is 1.60. The molecule has 3 aromatic heterocycles. The molecule has 3 aromatic rings. The molecule has 3 N–H and O–H groups in total. The van der Waals surface area contributed by atoms with Crippen LogP contribution in [-0.2, 0) is 19.4 Å². The van der Waals surface area contributed by atoms with Gasteiger partial charge >= 0.3 is 0 Å². The van der Waals surface area contributed by atoms with Crippen molar-refractivity contribution in [3.63, 3.8) is 0 Å². The summed E-state index contributed by atoms with van der Waals surface area (Å²) in [5, 5.41) is 16.6. The van der Waals surface area contributed by atoms with Crippen LogP contribution in [0.1, 0.15) is 17.1 Å². The quantitative estimate of drug-likeness (QED) is 0.720. The van der Waals surface area contributed by atoms with E-state index in [9.17, 15) is 0 Å². The Morgan fingerprint density at radius 2 is 2.37 bits per heavy atom. The number of hydrogen-bond acceptors (Lipinski definition) is 6.